The lowest BCUT2D eigenvalue weighted by molar-refractivity contribution is 0.354. The van der Waals surface area contributed by atoms with Crippen LogP contribution in [-0.2, 0) is 0 Å². The lowest BCUT2D eigenvalue weighted by Gasteiger charge is -2.30. The molecule has 0 aliphatic heterocycles. The van der Waals surface area contributed by atoms with Gasteiger partial charge in [0.2, 0.25) is 0 Å². The van der Waals surface area contributed by atoms with Crippen LogP contribution in [0.15, 0.2) is 18.2 Å². The minimum absolute atomic E-state index is 0.123. The van der Waals surface area contributed by atoms with Crippen molar-refractivity contribution in [2.75, 3.05) is 7.05 Å². The maximum atomic E-state index is 13.0. The van der Waals surface area contributed by atoms with Crippen molar-refractivity contribution >= 4 is 0 Å². The first-order valence-corrected chi connectivity index (χ1v) is 6.14. The second-order valence-electron chi connectivity index (χ2n) is 4.85. The highest BCUT2D eigenvalue weighted by Crippen LogP contribution is 2.34. The summed E-state index contributed by atoms with van der Waals surface area (Å²) in [5.41, 5.74) is 2.43. The second-order valence-corrected chi connectivity index (χ2v) is 4.85. The number of halogens is 1. The predicted octanol–water partition coefficient (Wildman–Crippen LogP) is 3.38. The molecule has 0 saturated heterocycles. The fourth-order valence-corrected chi connectivity index (χ4v) is 2.83. The van der Waals surface area contributed by atoms with Gasteiger partial charge in [-0.2, -0.15) is 0 Å². The molecule has 2 atom stereocenters. The second kappa shape index (κ2) is 4.96. The summed E-state index contributed by atoms with van der Waals surface area (Å²) < 4.78 is 13.0. The van der Waals surface area contributed by atoms with E-state index >= 15 is 0 Å². The van der Waals surface area contributed by atoms with Gasteiger partial charge in [0, 0.05) is 6.04 Å². The van der Waals surface area contributed by atoms with Crippen molar-refractivity contribution in [2.45, 2.75) is 44.6 Å². The van der Waals surface area contributed by atoms with Gasteiger partial charge in [-0.25, -0.2) is 4.39 Å². The van der Waals surface area contributed by atoms with E-state index in [9.17, 15) is 4.39 Å². The smallest absolute Gasteiger partial charge is 0.123 e. The summed E-state index contributed by atoms with van der Waals surface area (Å²) in [4.78, 5) is 0. The number of hydrogen-bond acceptors (Lipinski definition) is 1. The maximum absolute atomic E-state index is 13.0. The van der Waals surface area contributed by atoms with Gasteiger partial charge in [0.25, 0.3) is 0 Å². The summed E-state index contributed by atoms with van der Waals surface area (Å²) in [5, 5.41) is 3.36. The molecule has 1 fully saturated rings. The SMILES string of the molecule is CNC1CCCC(c2ccc(F)cc2C)C1. The van der Waals surface area contributed by atoms with Crippen LogP contribution in [0.4, 0.5) is 4.39 Å². The molecule has 1 saturated carbocycles. The lowest BCUT2D eigenvalue weighted by Crippen LogP contribution is -2.30. The van der Waals surface area contributed by atoms with Crippen LogP contribution in [0.2, 0.25) is 0 Å². The van der Waals surface area contributed by atoms with E-state index in [1.807, 2.05) is 20.0 Å². The van der Waals surface area contributed by atoms with E-state index in [1.54, 1.807) is 12.1 Å². The molecule has 0 heterocycles. The first-order chi connectivity index (χ1) is 7.70. The molecule has 16 heavy (non-hydrogen) atoms. The summed E-state index contributed by atoms with van der Waals surface area (Å²) in [5.74, 6) is 0.481. The fraction of sp³-hybridized carbons (Fsp3) is 0.571. The summed E-state index contributed by atoms with van der Waals surface area (Å²) in [7, 11) is 2.03. The molecule has 1 aromatic carbocycles. The van der Waals surface area contributed by atoms with Crippen LogP contribution in [0, 0.1) is 12.7 Å². The monoisotopic (exact) mass is 221 g/mol. The van der Waals surface area contributed by atoms with E-state index in [1.165, 1.54) is 31.2 Å². The van der Waals surface area contributed by atoms with Gasteiger partial charge in [-0.1, -0.05) is 12.5 Å². The summed E-state index contributed by atoms with van der Waals surface area (Å²) >= 11 is 0. The van der Waals surface area contributed by atoms with Crippen LogP contribution < -0.4 is 5.32 Å². The molecule has 1 aliphatic rings. The Balaban J connectivity index is 2.16. The largest absolute Gasteiger partial charge is 0.317 e. The van der Waals surface area contributed by atoms with Crippen molar-refractivity contribution in [3.8, 4) is 0 Å². The highest BCUT2D eigenvalue weighted by molar-refractivity contribution is 5.30. The van der Waals surface area contributed by atoms with Crippen molar-refractivity contribution < 1.29 is 4.39 Å². The number of hydrogen-bond donors (Lipinski definition) is 1. The Morgan fingerprint density at radius 3 is 2.81 bits per heavy atom. The summed E-state index contributed by atoms with van der Waals surface area (Å²) in [6.45, 7) is 2.02. The van der Waals surface area contributed by atoms with Gasteiger partial charge in [-0.05, 0) is 62.4 Å². The van der Waals surface area contributed by atoms with E-state index in [-0.39, 0.29) is 5.82 Å². The van der Waals surface area contributed by atoms with Gasteiger partial charge >= 0.3 is 0 Å². The number of rotatable bonds is 2. The molecule has 2 unspecified atom stereocenters. The molecule has 2 rings (SSSR count). The number of benzene rings is 1. The average Bonchev–Trinajstić information content (AvgIpc) is 2.29. The van der Waals surface area contributed by atoms with Crippen LogP contribution in [0.5, 0.6) is 0 Å². The van der Waals surface area contributed by atoms with Gasteiger partial charge in [0.05, 0.1) is 0 Å². The normalized spacial score (nSPS) is 25.7. The predicted molar refractivity (Wildman–Crippen MR) is 65.2 cm³/mol. The highest BCUT2D eigenvalue weighted by Gasteiger charge is 2.23. The van der Waals surface area contributed by atoms with Crippen LogP contribution in [0.3, 0.4) is 0 Å². The molecule has 0 bridgehead atoms. The zero-order valence-electron chi connectivity index (χ0n) is 10.1. The van der Waals surface area contributed by atoms with Crippen LogP contribution in [0.25, 0.3) is 0 Å². The molecule has 0 spiro atoms. The van der Waals surface area contributed by atoms with Crippen molar-refractivity contribution in [2.24, 2.45) is 0 Å². The molecule has 1 aromatic rings. The molecule has 0 amide bonds. The molecule has 2 heteroatoms. The number of nitrogens with one attached hydrogen (secondary N) is 1. The Morgan fingerprint density at radius 1 is 1.31 bits per heavy atom. The van der Waals surface area contributed by atoms with E-state index in [0.29, 0.717) is 12.0 Å². The standard InChI is InChI=1S/C14H20FN/c1-10-8-12(15)6-7-14(10)11-4-3-5-13(9-11)16-2/h6-8,11,13,16H,3-5,9H2,1-2H3. The van der Waals surface area contributed by atoms with Gasteiger partial charge in [0.1, 0.15) is 5.82 Å². The van der Waals surface area contributed by atoms with E-state index in [2.05, 4.69) is 5.32 Å². The van der Waals surface area contributed by atoms with Crippen molar-refractivity contribution in [3.63, 3.8) is 0 Å². The maximum Gasteiger partial charge on any atom is 0.123 e. The quantitative estimate of drug-likeness (QED) is 0.807. The Labute approximate surface area is 97.1 Å². The summed E-state index contributed by atoms with van der Waals surface area (Å²) in [6, 6.07) is 5.83. The third kappa shape index (κ3) is 2.43. The first kappa shape index (κ1) is 11.6. The van der Waals surface area contributed by atoms with Crippen LogP contribution in [0.1, 0.15) is 42.7 Å². The van der Waals surface area contributed by atoms with Gasteiger partial charge in [-0.15, -0.1) is 0 Å². The fourth-order valence-electron chi connectivity index (χ4n) is 2.83. The molecule has 1 N–H and O–H groups in total. The highest BCUT2D eigenvalue weighted by atomic mass is 19.1. The topological polar surface area (TPSA) is 12.0 Å². The Hall–Kier alpha value is -0.890. The zero-order chi connectivity index (χ0) is 11.5. The van der Waals surface area contributed by atoms with E-state index in [0.717, 1.165) is 5.56 Å². The lowest BCUT2D eigenvalue weighted by atomic mass is 9.80. The van der Waals surface area contributed by atoms with Crippen LogP contribution in [-0.4, -0.2) is 13.1 Å². The van der Waals surface area contributed by atoms with E-state index < -0.39 is 0 Å². The van der Waals surface area contributed by atoms with Crippen molar-refractivity contribution in [1.29, 1.82) is 0 Å². The third-order valence-corrected chi connectivity index (χ3v) is 3.75. The van der Waals surface area contributed by atoms with E-state index in [4.69, 9.17) is 0 Å². The van der Waals surface area contributed by atoms with Gasteiger partial charge < -0.3 is 5.32 Å². The van der Waals surface area contributed by atoms with Gasteiger partial charge in [-0.3, -0.25) is 0 Å². The Morgan fingerprint density at radius 2 is 2.12 bits per heavy atom. The molecular weight excluding hydrogens is 201 g/mol. The zero-order valence-corrected chi connectivity index (χ0v) is 10.1. The molecule has 1 aliphatic carbocycles. The van der Waals surface area contributed by atoms with Gasteiger partial charge in [0.15, 0.2) is 0 Å². The Kier molecular flexibility index (Phi) is 3.59. The average molecular weight is 221 g/mol. The van der Waals surface area contributed by atoms with Crippen molar-refractivity contribution in [3.05, 3.63) is 35.1 Å². The minimum Gasteiger partial charge on any atom is -0.317 e. The minimum atomic E-state index is -0.123. The van der Waals surface area contributed by atoms with Crippen LogP contribution >= 0.6 is 0 Å². The van der Waals surface area contributed by atoms with Crippen molar-refractivity contribution in [1.82, 2.24) is 5.32 Å². The molecule has 1 nitrogen and oxygen atoms in total. The third-order valence-electron chi connectivity index (χ3n) is 3.75. The molecule has 88 valence electrons. The number of aryl methyl sites for hydroxylation is 1. The molecule has 0 radical (unpaired) electrons. The molecular formula is C14H20FN. The first-order valence-electron chi connectivity index (χ1n) is 6.14. The summed E-state index contributed by atoms with van der Waals surface area (Å²) in [6.07, 6.45) is 4.97. The Bertz CT molecular complexity index is 362. The molecule has 0 aromatic heterocycles.